The summed E-state index contributed by atoms with van der Waals surface area (Å²) in [5.41, 5.74) is 5.96. The Hall–Kier alpha value is -3.72. The van der Waals surface area contributed by atoms with Gasteiger partial charge in [0.15, 0.2) is 11.6 Å². The number of fused-ring (bicyclic) bond motifs is 2. The summed E-state index contributed by atoms with van der Waals surface area (Å²) in [7, 11) is 0. The minimum atomic E-state index is -0.148. The van der Waals surface area contributed by atoms with Gasteiger partial charge in [0.05, 0.1) is 11.1 Å². The van der Waals surface area contributed by atoms with Crippen LogP contribution in [0, 0.1) is 20.8 Å². The summed E-state index contributed by atoms with van der Waals surface area (Å²) >= 11 is 0. The highest BCUT2D eigenvalue weighted by atomic mass is 16.3. The van der Waals surface area contributed by atoms with Gasteiger partial charge in [0, 0.05) is 22.3 Å². The van der Waals surface area contributed by atoms with Crippen molar-refractivity contribution in [1.29, 1.82) is 0 Å². The third-order valence-corrected chi connectivity index (χ3v) is 5.93. The predicted octanol–water partition coefficient (Wildman–Crippen LogP) is 6.31. The molecular weight excluding hydrogens is 372 g/mol. The molecule has 0 spiro atoms. The molecule has 3 heteroatoms. The standard InChI is InChI=1S/C27H20O3/c1-15-14-16(2)20-21(17(15)3)25(29)23-22(24(20)28)26(18-10-6-4-7-11-18)30-27(23)19-12-8-5-9-13-19/h4-14H,1-3H3. The lowest BCUT2D eigenvalue weighted by molar-refractivity contribution is 0.0979. The average Bonchev–Trinajstić information content (AvgIpc) is 3.17. The molecule has 0 radical (unpaired) electrons. The van der Waals surface area contributed by atoms with Gasteiger partial charge in [-0.3, -0.25) is 9.59 Å². The largest absolute Gasteiger partial charge is 0.454 e. The number of benzene rings is 3. The molecule has 1 aliphatic rings. The van der Waals surface area contributed by atoms with Crippen LogP contribution < -0.4 is 0 Å². The molecule has 1 aliphatic carbocycles. The van der Waals surface area contributed by atoms with Gasteiger partial charge in [-0.2, -0.15) is 0 Å². The van der Waals surface area contributed by atoms with Gasteiger partial charge in [0.25, 0.3) is 0 Å². The first-order valence-electron chi connectivity index (χ1n) is 9.97. The van der Waals surface area contributed by atoms with Gasteiger partial charge >= 0.3 is 0 Å². The number of hydrogen-bond acceptors (Lipinski definition) is 3. The molecular formula is C27H20O3. The number of furan rings is 1. The van der Waals surface area contributed by atoms with E-state index in [9.17, 15) is 9.59 Å². The van der Waals surface area contributed by atoms with E-state index >= 15 is 0 Å². The van der Waals surface area contributed by atoms with Crippen molar-refractivity contribution in [3.05, 3.63) is 106 Å². The molecule has 0 N–H and O–H groups in total. The Bertz CT molecular complexity index is 1330. The van der Waals surface area contributed by atoms with Crippen molar-refractivity contribution in [3.63, 3.8) is 0 Å². The van der Waals surface area contributed by atoms with Gasteiger partial charge in [-0.25, -0.2) is 0 Å². The molecule has 0 bridgehead atoms. The summed E-state index contributed by atoms with van der Waals surface area (Å²) in [6.07, 6.45) is 0. The molecule has 0 unspecified atom stereocenters. The summed E-state index contributed by atoms with van der Waals surface area (Å²) in [5, 5.41) is 0. The number of rotatable bonds is 2. The zero-order chi connectivity index (χ0) is 21.0. The zero-order valence-corrected chi connectivity index (χ0v) is 17.1. The van der Waals surface area contributed by atoms with Gasteiger partial charge in [0.2, 0.25) is 0 Å². The number of ketones is 2. The molecule has 0 saturated heterocycles. The van der Waals surface area contributed by atoms with Crippen molar-refractivity contribution >= 4 is 11.6 Å². The quantitative estimate of drug-likeness (QED) is 0.353. The Labute approximate surface area is 175 Å². The monoisotopic (exact) mass is 392 g/mol. The Morgan fingerprint density at radius 3 is 1.53 bits per heavy atom. The fourth-order valence-electron chi connectivity index (χ4n) is 4.36. The smallest absolute Gasteiger partial charge is 0.198 e. The lowest BCUT2D eigenvalue weighted by Crippen LogP contribution is -2.23. The average molecular weight is 392 g/mol. The SMILES string of the molecule is Cc1cc(C)c2c(c1C)C(=O)c1c(-c3ccccc3)oc(-c3ccccc3)c1C2=O. The molecule has 0 fully saturated rings. The zero-order valence-electron chi connectivity index (χ0n) is 17.1. The molecule has 4 aromatic rings. The molecule has 3 aromatic carbocycles. The van der Waals surface area contributed by atoms with E-state index in [1.54, 1.807) is 0 Å². The molecule has 30 heavy (non-hydrogen) atoms. The molecule has 5 rings (SSSR count). The van der Waals surface area contributed by atoms with Gasteiger partial charge in [-0.1, -0.05) is 66.7 Å². The summed E-state index contributed by atoms with van der Waals surface area (Å²) in [4.78, 5) is 27.6. The van der Waals surface area contributed by atoms with Crippen LogP contribution in [-0.2, 0) is 0 Å². The fourth-order valence-corrected chi connectivity index (χ4v) is 4.36. The minimum Gasteiger partial charge on any atom is -0.454 e. The number of carbonyl (C=O) groups is 2. The van der Waals surface area contributed by atoms with Crippen LogP contribution in [0.5, 0.6) is 0 Å². The van der Waals surface area contributed by atoms with Crippen LogP contribution in [-0.4, -0.2) is 11.6 Å². The minimum absolute atomic E-state index is 0.145. The van der Waals surface area contributed by atoms with E-state index in [-0.39, 0.29) is 11.6 Å². The van der Waals surface area contributed by atoms with Crippen LogP contribution in [0.3, 0.4) is 0 Å². The van der Waals surface area contributed by atoms with E-state index in [1.807, 2.05) is 87.5 Å². The fraction of sp³-hybridized carbons (Fsp3) is 0.111. The van der Waals surface area contributed by atoms with Crippen molar-refractivity contribution in [2.24, 2.45) is 0 Å². The second-order valence-electron chi connectivity index (χ2n) is 7.79. The first-order chi connectivity index (χ1) is 14.5. The van der Waals surface area contributed by atoms with E-state index in [0.29, 0.717) is 33.8 Å². The first kappa shape index (κ1) is 18.3. The van der Waals surface area contributed by atoms with Crippen LogP contribution in [0.1, 0.15) is 48.5 Å². The molecule has 146 valence electrons. The normalized spacial score (nSPS) is 12.6. The number of carbonyl (C=O) groups excluding carboxylic acids is 2. The Morgan fingerprint density at radius 2 is 1.03 bits per heavy atom. The van der Waals surface area contributed by atoms with Crippen molar-refractivity contribution in [1.82, 2.24) is 0 Å². The Balaban J connectivity index is 1.89. The van der Waals surface area contributed by atoms with Crippen LogP contribution in [0.4, 0.5) is 0 Å². The maximum atomic E-state index is 13.8. The van der Waals surface area contributed by atoms with E-state index in [2.05, 4.69) is 0 Å². The summed E-state index contributed by atoms with van der Waals surface area (Å²) < 4.78 is 6.28. The van der Waals surface area contributed by atoms with Gasteiger partial charge in [-0.05, 0) is 37.5 Å². The summed E-state index contributed by atoms with van der Waals surface area (Å²) in [6, 6.07) is 21.0. The molecule has 0 amide bonds. The topological polar surface area (TPSA) is 47.3 Å². The number of aryl methyl sites for hydroxylation is 2. The molecule has 0 saturated carbocycles. The van der Waals surface area contributed by atoms with E-state index < -0.39 is 0 Å². The third kappa shape index (κ3) is 2.52. The van der Waals surface area contributed by atoms with Gasteiger partial charge in [-0.15, -0.1) is 0 Å². The highest BCUT2D eigenvalue weighted by Gasteiger charge is 2.40. The van der Waals surface area contributed by atoms with Crippen LogP contribution in [0.25, 0.3) is 22.6 Å². The molecule has 3 nitrogen and oxygen atoms in total. The van der Waals surface area contributed by atoms with Crippen LogP contribution in [0.2, 0.25) is 0 Å². The molecule has 1 heterocycles. The summed E-state index contributed by atoms with van der Waals surface area (Å²) in [5.74, 6) is 0.608. The Kier molecular flexibility index (Phi) is 4.07. The lowest BCUT2D eigenvalue weighted by Gasteiger charge is -2.21. The van der Waals surface area contributed by atoms with Crippen molar-refractivity contribution in [2.75, 3.05) is 0 Å². The molecule has 0 atom stereocenters. The summed E-state index contributed by atoms with van der Waals surface area (Å²) in [6.45, 7) is 5.77. The highest BCUT2D eigenvalue weighted by molar-refractivity contribution is 6.32. The predicted molar refractivity (Wildman–Crippen MR) is 117 cm³/mol. The molecule has 1 aromatic heterocycles. The van der Waals surface area contributed by atoms with Gasteiger partial charge < -0.3 is 4.42 Å². The number of hydrogen-bond donors (Lipinski definition) is 0. The third-order valence-electron chi connectivity index (χ3n) is 5.93. The lowest BCUT2D eigenvalue weighted by atomic mass is 9.78. The van der Waals surface area contributed by atoms with E-state index in [0.717, 1.165) is 27.8 Å². The highest BCUT2D eigenvalue weighted by Crippen LogP contribution is 2.44. The second kappa shape index (κ2) is 6.67. The maximum Gasteiger partial charge on any atom is 0.198 e. The van der Waals surface area contributed by atoms with Crippen molar-refractivity contribution in [3.8, 4) is 22.6 Å². The first-order valence-corrected chi connectivity index (χ1v) is 9.97. The Morgan fingerprint density at radius 1 is 0.567 bits per heavy atom. The van der Waals surface area contributed by atoms with Crippen molar-refractivity contribution < 1.29 is 14.0 Å². The maximum absolute atomic E-state index is 13.8. The van der Waals surface area contributed by atoms with Crippen LogP contribution >= 0.6 is 0 Å². The van der Waals surface area contributed by atoms with E-state index in [1.165, 1.54) is 0 Å². The molecule has 0 aliphatic heterocycles. The van der Waals surface area contributed by atoms with Crippen LogP contribution in [0.15, 0.2) is 71.1 Å². The van der Waals surface area contributed by atoms with E-state index in [4.69, 9.17) is 4.42 Å². The van der Waals surface area contributed by atoms with Gasteiger partial charge in [0.1, 0.15) is 11.5 Å². The van der Waals surface area contributed by atoms with Crippen molar-refractivity contribution in [2.45, 2.75) is 20.8 Å². The second-order valence-corrected chi connectivity index (χ2v) is 7.79.